The van der Waals surface area contributed by atoms with Gasteiger partial charge < -0.3 is 0 Å². The summed E-state index contributed by atoms with van der Waals surface area (Å²) in [7, 11) is 0. The van der Waals surface area contributed by atoms with Crippen LogP contribution >= 0.6 is 0 Å². The van der Waals surface area contributed by atoms with Gasteiger partial charge in [-0.05, 0) is 32.0 Å². The topological polar surface area (TPSA) is 3.24 Å². The van der Waals surface area contributed by atoms with Gasteiger partial charge in [0.25, 0.3) is 0 Å². The molecule has 1 rings (SSSR count). The van der Waals surface area contributed by atoms with Crippen molar-refractivity contribution in [2.75, 3.05) is 13.1 Å². The molecule has 0 N–H and O–H groups in total. The van der Waals surface area contributed by atoms with Crippen LogP contribution in [0, 0.1) is 6.92 Å². The van der Waals surface area contributed by atoms with Crippen molar-refractivity contribution in [3.63, 3.8) is 0 Å². The summed E-state index contributed by atoms with van der Waals surface area (Å²) in [6.45, 7) is 11.2. The molecule has 1 nitrogen and oxygen atoms in total. The average Bonchev–Trinajstić information content (AvgIpc) is 2.31. The fourth-order valence-electron chi connectivity index (χ4n) is 2.29. The van der Waals surface area contributed by atoms with Crippen LogP contribution in [0.1, 0.15) is 50.8 Å². The third kappa shape index (κ3) is 3.34. The Hall–Kier alpha value is -0.820. The van der Waals surface area contributed by atoms with Crippen LogP contribution in [-0.2, 0) is 0 Å². The van der Waals surface area contributed by atoms with Crippen LogP contribution in [0.5, 0.6) is 0 Å². The van der Waals surface area contributed by atoms with E-state index in [4.69, 9.17) is 0 Å². The van der Waals surface area contributed by atoms with Gasteiger partial charge in [-0.1, -0.05) is 57.0 Å². The zero-order valence-electron chi connectivity index (χ0n) is 11.2. The van der Waals surface area contributed by atoms with Crippen LogP contribution in [0.15, 0.2) is 24.3 Å². The van der Waals surface area contributed by atoms with Gasteiger partial charge in [-0.25, -0.2) is 0 Å². The first-order valence-electron chi connectivity index (χ1n) is 6.53. The summed E-state index contributed by atoms with van der Waals surface area (Å²) >= 11 is 0. The highest BCUT2D eigenvalue weighted by atomic mass is 15.1. The molecule has 0 aliphatic heterocycles. The van der Waals surface area contributed by atoms with Gasteiger partial charge in [0.2, 0.25) is 0 Å². The molecule has 90 valence electrons. The fraction of sp³-hybridized carbons (Fsp3) is 0.600. The van der Waals surface area contributed by atoms with Gasteiger partial charge in [-0.2, -0.15) is 0 Å². The maximum atomic E-state index is 2.55. The Morgan fingerprint density at radius 3 is 2.00 bits per heavy atom. The Bertz CT molecular complexity index is 285. The third-order valence-corrected chi connectivity index (χ3v) is 3.28. The van der Waals surface area contributed by atoms with E-state index < -0.39 is 0 Å². The molecule has 1 aromatic carbocycles. The molecule has 0 bridgehead atoms. The lowest BCUT2D eigenvalue weighted by Crippen LogP contribution is -2.28. The standard InChI is InChI=1S/C15H25N/c1-5-8-15(16(6-2)7-3)14-11-9-13(4)10-12-14/h9-12,15H,5-8H2,1-4H3. The predicted molar refractivity (Wildman–Crippen MR) is 71.7 cm³/mol. The van der Waals surface area contributed by atoms with Gasteiger partial charge in [0.15, 0.2) is 0 Å². The molecule has 0 saturated heterocycles. The van der Waals surface area contributed by atoms with Crippen molar-refractivity contribution >= 4 is 0 Å². The number of hydrogen-bond acceptors (Lipinski definition) is 1. The molecule has 1 heteroatoms. The quantitative estimate of drug-likeness (QED) is 0.694. The average molecular weight is 219 g/mol. The van der Waals surface area contributed by atoms with E-state index in [1.807, 2.05) is 0 Å². The molecule has 0 radical (unpaired) electrons. The van der Waals surface area contributed by atoms with Gasteiger partial charge in [-0.15, -0.1) is 0 Å². The van der Waals surface area contributed by atoms with Crippen LogP contribution in [0.25, 0.3) is 0 Å². The lowest BCUT2D eigenvalue weighted by atomic mass is 9.99. The van der Waals surface area contributed by atoms with Crippen LogP contribution in [0.2, 0.25) is 0 Å². The lowest BCUT2D eigenvalue weighted by molar-refractivity contribution is 0.207. The molecule has 0 spiro atoms. The molecule has 1 atom stereocenters. The first kappa shape index (κ1) is 13.2. The summed E-state index contributed by atoms with van der Waals surface area (Å²) in [6.07, 6.45) is 2.50. The molecule has 1 aromatic rings. The van der Waals surface area contributed by atoms with Crippen LogP contribution in [0.3, 0.4) is 0 Å². The zero-order chi connectivity index (χ0) is 12.0. The lowest BCUT2D eigenvalue weighted by Gasteiger charge is -2.30. The first-order chi connectivity index (χ1) is 7.72. The smallest absolute Gasteiger partial charge is 0.0347 e. The van der Waals surface area contributed by atoms with Crippen molar-refractivity contribution in [3.8, 4) is 0 Å². The van der Waals surface area contributed by atoms with Gasteiger partial charge in [0.1, 0.15) is 0 Å². The molecule has 0 aromatic heterocycles. The summed E-state index contributed by atoms with van der Waals surface area (Å²) < 4.78 is 0. The highest BCUT2D eigenvalue weighted by molar-refractivity contribution is 5.24. The second kappa shape index (κ2) is 6.70. The maximum absolute atomic E-state index is 2.55. The van der Waals surface area contributed by atoms with Crippen molar-refractivity contribution in [2.24, 2.45) is 0 Å². The minimum absolute atomic E-state index is 0.598. The van der Waals surface area contributed by atoms with E-state index in [9.17, 15) is 0 Å². The molecule has 0 heterocycles. The van der Waals surface area contributed by atoms with E-state index in [-0.39, 0.29) is 0 Å². The van der Waals surface area contributed by atoms with Crippen LogP contribution in [-0.4, -0.2) is 18.0 Å². The third-order valence-electron chi connectivity index (χ3n) is 3.28. The Morgan fingerprint density at radius 1 is 1.00 bits per heavy atom. The highest BCUT2D eigenvalue weighted by Gasteiger charge is 2.16. The molecule has 0 fully saturated rings. The number of hydrogen-bond donors (Lipinski definition) is 0. The molecule has 0 amide bonds. The molecule has 16 heavy (non-hydrogen) atoms. The number of benzene rings is 1. The Labute approximate surface area is 100 Å². The largest absolute Gasteiger partial charge is 0.297 e. The van der Waals surface area contributed by atoms with E-state index in [0.29, 0.717) is 6.04 Å². The van der Waals surface area contributed by atoms with E-state index in [0.717, 1.165) is 13.1 Å². The van der Waals surface area contributed by atoms with Crippen molar-refractivity contribution in [1.82, 2.24) is 4.90 Å². The van der Waals surface area contributed by atoms with Crippen molar-refractivity contribution < 1.29 is 0 Å². The summed E-state index contributed by atoms with van der Waals surface area (Å²) in [5.74, 6) is 0. The van der Waals surface area contributed by atoms with Gasteiger partial charge in [0.05, 0.1) is 0 Å². The van der Waals surface area contributed by atoms with Gasteiger partial charge in [0, 0.05) is 6.04 Å². The molecule has 1 unspecified atom stereocenters. The van der Waals surface area contributed by atoms with Gasteiger partial charge >= 0.3 is 0 Å². The number of rotatable bonds is 6. The SMILES string of the molecule is CCCC(c1ccc(C)cc1)N(CC)CC. The summed E-state index contributed by atoms with van der Waals surface area (Å²) in [4.78, 5) is 2.55. The van der Waals surface area contributed by atoms with Gasteiger partial charge in [-0.3, -0.25) is 4.90 Å². The number of nitrogens with zero attached hydrogens (tertiary/aromatic N) is 1. The molecule has 0 aliphatic carbocycles. The summed E-state index contributed by atoms with van der Waals surface area (Å²) in [5.41, 5.74) is 2.81. The zero-order valence-corrected chi connectivity index (χ0v) is 11.2. The van der Waals surface area contributed by atoms with Crippen LogP contribution in [0.4, 0.5) is 0 Å². The first-order valence-corrected chi connectivity index (χ1v) is 6.53. The highest BCUT2D eigenvalue weighted by Crippen LogP contribution is 2.25. The van der Waals surface area contributed by atoms with E-state index in [1.165, 1.54) is 24.0 Å². The van der Waals surface area contributed by atoms with E-state index >= 15 is 0 Å². The minimum atomic E-state index is 0.598. The van der Waals surface area contributed by atoms with Crippen molar-refractivity contribution in [2.45, 2.75) is 46.6 Å². The van der Waals surface area contributed by atoms with E-state index in [1.54, 1.807) is 0 Å². The molecular formula is C15H25N. The molecule has 0 saturated carbocycles. The maximum Gasteiger partial charge on any atom is 0.0347 e. The van der Waals surface area contributed by atoms with E-state index in [2.05, 4.69) is 56.9 Å². The second-order valence-corrected chi connectivity index (χ2v) is 4.44. The summed E-state index contributed by atoms with van der Waals surface area (Å²) in [5, 5.41) is 0. The predicted octanol–water partition coefficient (Wildman–Crippen LogP) is 4.18. The Kier molecular flexibility index (Phi) is 5.54. The molecular weight excluding hydrogens is 194 g/mol. The summed E-state index contributed by atoms with van der Waals surface area (Å²) in [6, 6.07) is 9.62. The monoisotopic (exact) mass is 219 g/mol. The Morgan fingerprint density at radius 2 is 1.56 bits per heavy atom. The van der Waals surface area contributed by atoms with Crippen molar-refractivity contribution in [1.29, 1.82) is 0 Å². The van der Waals surface area contributed by atoms with Crippen LogP contribution < -0.4 is 0 Å². The Balaban J connectivity index is 2.87. The second-order valence-electron chi connectivity index (χ2n) is 4.44. The van der Waals surface area contributed by atoms with Crippen molar-refractivity contribution in [3.05, 3.63) is 35.4 Å². The normalized spacial score (nSPS) is 13.1. The fourth-order valence-corrected chi connectivity index (χ4v) is 2.29. The minimum Gasteiger partial charge on any atom is -0.297 e. The number of aryl methyl sites for hydroxylation is 1. The molecule has 0 aliphatic rings.